The minimum atomic E-state index is -0.980. The lowest BCUT2D eigenvalue weighted by Crippen LogP contribution is -2.40. The van der Waals surface area contributed by atoms with E-state index in [9.17, 15) is 9.59 Å². The predicted molar refractivity (Wildman–Crippen MR) is 95.3 cm³/mol. The third-order valence-corrected chi connectivity index (χ3v) is 3.80. The molecule has 0 saturated carbocycles. The van der Waals surface area contributed by atoms with Crippen LogP contribution in [0.4, 0.5) is 0 Å². The van der Waals surface area contributed by atoms with E-state index < -0.39 is 17.6 Å². The van der Waals surface area contributed by atoms with E-state index >= 15 is 0 Å². The molecule has 0 aliphatic carbocycles. The summed E-state index contributed by atoms with van der Waals surface area (Å²) in [7, 11) is 0. The Morgan fingerprint density at radius 3 is 2.65 bits per heavy atom. The van der Waals surface area contributed by atoms with Crippen molar-refractivity contribution in [3.05, 3.63) is 52.1 Å². The van der Waals surface area contributed by atoms with Crippen molar-refractivity contribution in [2.24, 2.45) is 0 Å². The number of esters is 1. The Balaban J connectivity index is 2.20. The van der Waals surface area contributed by atoms with Crippen LogP contribution in [0.1, 0.15) is 25.2 Å². The molecule has 0 amide bonds. The van der Waals surface area contributed by atoms with Crippen LogP contribution < -0.4 is 10.4 Å². The van der Waals surface area contributed by atoms with Gasteiger partial charge in [0.1, 0.15) is 0 Å². The van der Waals surface area contributed by atoms with E-state index in [2.05, 4.69) is 10.1 Å². The molecule has 0 spiro atoms. The van der Waals surface area contributed by atoms with Crippen LogP contribution in [-0.4, -0.2) is 38.2 Å². The van der Waals surface area contributed by atoms with Crippen molar-refractivity contribution in [1.82, 2.24) is 19.5 Å². The number of carbonyl (C=O) groups excluding carboxylic acids is 1. The Labute approximate surface area is 149 Å². The maximum Gasteiger partial charge on any atom is 0.349 e. The zero-order valence-electron chi connectivity index (χ0n) is 15.1. The molecule has 0 radical (unpaired) electrons. The molecule has 0 aliphatic rings. The Morgan fingerprint density at radius 2 is 2.00 bits per heavy atom. The SMILES string of the molecule is CCOC(=O)[C@@H](C)On1c(-n2nc(C)cc2C)nc2ccccc2c1=O. The molecule has 0 N–H and O–H groups in total. The van der Waals surface area contributed by atoms with E-state index in [-0.39, 0.29) is 12.6 Å². The maximum absolute atomic E-state index is 13.0. The normalized spacial score (nSPS) is 12.2. The Bertz CT molecular complexity index is 1020. The van der Waals surface area contributed by atoms with Gasteiger partial charge in [-0.15, -0.1) is 4.73 Å². The molecular formula is C18H20N4O4. The first-order chi connectivity index (χ1) is 12.4. The van der Waals surface area contributed by atoms with E-state index in [1.54, 1.807) is 31.2 Å². The number of aryl methyl sites for hydroxylation is 2. The molecule has 3 aromatic rings. The molecular weight excluding hydrogens is 336 g/mol. The summed E-state index contributed by atoms with van der Waals surface area (Å²) in [6.45, 7) is 7.14. The minimum Gasteiger partial charge on any atom is -0.463 e. The van der Waals surface area contributed by atoms with Crippen LogP contribution in [0.3, 0.4) is 0 Å². The summed E-state index contributed by atoms with van der Waals surface area (Å²) in [5, 5.41) is 4.76. The van der Waals surface area contributed by atoms with Gasteiger partial charge in [-0.3, -0.25) is 4.79 Å². The van der Waals surface area contributed by atoms with E-state index in [1.165, 1.54) is 11.6 Å². The van der Waals surface area contributed by atoms with Gasteiger partial charge >= 0.3 is 5.97 Å². The number of nitrogens with zero attached hydrogens (tertiary/aromatic N) is 4. The van der Waals surface area contributed by atoms with Crippen LogP contribution >= 0.6 is 0 Å². The fraction of sp³-hybridized carbons (Fsp3) is 0.333. The summed E-state index contributed by atoms with van der Waals surface area (Å²) in [6, 6.07) is 8.80. The highest BCUT2D eigenvalue weighted by Crippen LogP contribution is 2.13. The van der Waals surface area contributed by atoms with Gasteiger partial charge in [0.25, 0.3) is 11.5 Å². The topological polar surface area (TPSA) is 88.2 Å². The number of hydrogen-bond donors (Lipinski definition) is 0. The summed E-state index contributed by atoms with van der Waals surface area (Å²) in [5.41, 5.74) is 1.65. The van der Waals surface area contributed by atoms with Crippen molar-refractivity contribution in [2.75, 3.05) is 6.61 Å². The first kappa shape index (κ1) is 17.7. The molecule has 0 unspecified atom stereocenters. The fourth-order valence-electron chi connectivity index (χ4n) is 2.63. The molecule has 8 heteroatoms. The quantitative estimate of drug-likeness (QED) is 0.645. The van der Waals surface area contributed by atoms with E-state index in [4.69, 9.17) is 9.57 Å². The second-order valence-corrected chi connectivity index (χ2v) is 5.87. The first-order valence-corrected chi connectivity index (χ1v) is 8.31. The Hall–Kier alpha value is -3.16. The first-order valence-electron chi connectivity index (χ1n) is 8.31. The van der Waals surface area contributed by atoms with Gasteiger partial charge in [-0.1, -0.05) is 12.1 Å². The molecule has 1 atom stereocenters. The standard InChI is InChI=1S/C18H20N4O4/c1-5-25-17(24)13(4)26-22-16(23)14-8-6-7-9-15(14)19-18(22)21-12(3)10-11(2)20-21/h6-10,13H,5H2,1-4H3/t13-/m1/s1. The lowest BCUT2D eigenvalue weighted by Gasteiger charge is -2.18. The molecule has 8 nitrogen and oxygen atoms in total. The zero-order chi connectivity index (χ0) is 18.8. The predicted octanol–water partition coefficient (Wildman–Crippen LogP) is 1.58. The van der Waals surface area contributed by atoms with Gasteiger partial charge in [0.15, 0.2) is 0 Å². The summed E-state index contributed by atoms with van der Waals surface area (Å²) in [6.07, 6.45) is -0.980. The molecule has 0 fully saturated rings. The number of aromatic nitrogens is 4. The van der Waals surface area contributed by atoms with E-state index in [0.29, 0.717) is 10.9 Å². The van der Waals surface area contributed by atoms with Crippen LogP contribution in [0.5, 0.6) is 0 Å². The number of carbonyl (C=O) groups is 1. The van der Waals surface area contributed by atoms with Crippen molar-refractivity contribution >= 4 is 16.9 Å². The lowest BCUT2D eigenvalue weighted by atomic mass is 10.2. The number of benzene rings is 1. The smallest absolute Gasteiger partial charge is 0.349 e. The average Bonchev–Trinajstić information content (AvgIpc) is 2.95. The minimum absolute atomic E-state index is 0.176. The van der Waals surface area contributed by atoms with Crippen LogP contribution in [0.15, 0.2) is 35.1 Å². The van der Waals surface area contributed by atoms with Crippen molar-refractivity contribution in [3.8, 4) is 5.95 Å². The third-order valence-electron chi connectivity index (χ3n) is 3.80. The maximum atomic E-state index is 13.0. The number of ether oxygens (including phenoxy) is 1. The molecule has 2 aromatic heterocycles. The number of hydrogen-bond acceptors (Lipinski definition) is 6. The van der Waals surface area contributed by atoms with Gasteiger partial charge in [0.05, 0.1) is 23.2 Å². The largest absolute Gasteiger partial charge is 0.463 e. The van der Waals surface area contributed by atoms with Crippen LogP contribution in [0, 0.1) is 13.8 Å². The Morgan fingerprint density at radius 1 is 1.27 bits per heavy atom. The Kier molecular flexibility index (Phi) is 4.75. The van der Waals surface area contributed by atoms with Crippen LogP contribution in [0.2, 0.25) is 0 Å². The summed E-state index contributed by atoms with van der Waals surface area (Å²) in [4.78, 5) is 35.0. The molecule has 0 bridgehead atoms. The summed E-state index contributed by atoms with van der Waals surface area (Å²) in [5.74, 6) is -0.387. The summed E-state index contributed by atoms with van der Waals surface area (Å²) < 4.78 is 7.47. The van der Waals surface area contributed by atoms with Crippen molar-refractivity contribution in [1.29, 1.82) is 0 Å². The molecule has 26 heavy (non-hydrogen) atoms. The molecule has 3 rings (SSSR count). The van der Waals surface area contributed by atoms with Gasteiger partial charge in [0, 0.05) is 5.69 Å². The molecule has 136 valence electrons. The highest BCUT2D eigenvalue weighted by Gasteiger charge is 2.22. The highest BCUT2D eigenvalue weighted by molar-refractivity contribution is 5.78. The molecule has 1 aromatic carbocycles. The molecule has 0 saturated heterocycles. The van der Waals surface area contributed by atoms with Gasteiger partial charge < -0.3 is 9.57 Å². The van der Waals surface area contributed by atoms with Crippen LogP contribution in [-0.2, 0) is 9.53 Å². The van der Waals surface area contributed by atoms with Crippen molar-refractivity contribution in [3.63, 3.8) is 0 Å². The van der Waals surface area contributed by atoms with Crippen molar-refractivity contribution < 1.29 is 14.4 Å². The second-order valence-electron chi connectivity index (χ2n) is 5.87. The van der Waals surface area contributed by atoms with Gasteiger partial charge in [-0.05, 0) is 45.9 Å². The van der Waals surface area contributed by atoms with Gasteiger partial charge in [-0.25, -0.2) is 14.5 Å². The molecule has 2 heterocycles. The van der Waals surface area contributed by atoms with Crippen molar-refractivity contribution in [2.45, 2.75) is 33.8 Å². The lowest BCUT2D eigenvalue weighted by molar-refractivity contribution is -0.156. The number of fused-ring (bicyclic) bond motifs is 1. The van der Waals surface area contributed by atoms with E-state index in [1.807, 2.05) is 19.9 Å². The summed E-state index contributed by atoms with van der Waals surface area (Å²) >= 11 is 0. The van der Waals surface area contributed by atoms with Gasteiger partial charge in [0.2, 0.25) is 6.10 Å². The zero-order valence-corrected chi connectivity index (χ0v) is 15.1. The highest BCUT2D eigenvalue weighted by atomic mass is 16.7. The van der Waals surface area contributed by atoms with Crippen LogP contribution in [0.25, 0.3) is 16.9 Å². The number of para-hydroxylation sites is 1. The third kappa shape index (κ3) is 3.17. The average molecular weight is 356 g/mol. The molecule has 0 aliphatic heterocycles. The van der Waals surface area contributed by atoms with Gasteiger partial charge in [-0.2, -0.15) is 5.10 Å². The van der Waals surface area contributed by atoms with E-state index in [0.717, 1.165) is 16.1 Å². The fourth-order valence-corrected chi connectivity index (χ4v) is 2.63. The number of rotatable bonds is 5. The second kappa shape index (κ2) is 6.99. The monoisotopic (exact) mass is 356 g/mol.